The highest BCUT2D eigenvalue weighted by Gasteiger charge is 2.06. The van der Waals surface area contributed by atoms with Crippen molar-refractivity contribution in [3.8, 4) is 0 Å². The fraction of sp³-hybridized carbons (Fsp3) is 0.800. The Kier molecular flexibility index (Phi) is 4.59. The molecule has 1 N–H and O–H groups in total. The molecule has 0 aliphatic heterocycles. The van der Waals surface area contributed by atoms with Gasteiger partial charge in [-0.1, -0.05) is 13.3 Å². The summed E-state index contributed by atoms with van der Waals surface area (Å²) in [6.45, 7) is 7.56. The third kappa shape index (κ3) is 3.87. The molecule has 80 valence electrons. The van der Waals surface area contributed by atoms with Gasteiger partial charge in [0.2, 0.25) is 0 Å². The Morgan fingerprint density at radius 1 is 1.21 bits per heavy atom. The SMILES string of the molecule is CCCC(C)NC(C)Cn1cnnc1. The smallest absolute Gasteiger partial charge is 0.119 e. The Bertz CT molecular complexity index is 232. The number of hydrogen-bond acceptors (Lipinski definition) is 3. The van der Waals surface area contributed by atoms with Crippen LogP contribution in [0.1, 0.15) is 33.6 Å². The van der Waals surface area contributed by atoms with Gasteiger partial charge in [-0.25, -0.2) is 0 Å². The maximum Gasteiger partial charge on any atom is 0.119 e. The average molecular weight is 196 g/mol. The first-order valence-electron chi connectivity index (χ1n) is 5.30. The predicted octanol–water partition coefficient (Wildman–Crippen LogP) is 1.44. The van der Waals surface area contributed by atoms with Crippen molar-refractivity contribution in [3.05, 3.63) is 12.7 Å². The first kappa shape index (κ1) is 11.2. The monoisotopic (exact) mass is 196 g/mol. The summed E-state index contributed by atoms with van der Waals surface area (Å²) in [5.74, 6) is 0. The molecular weight excluding hydrogens is 176 g/mol. The number of aromatic nitrogens is 3. The topological polar surface area (TPSA) is 42.7 Å². The molecule has 2 atom stereocenters. The van der Waals surface area contributed by atoms with Crippen molar-refractivity contribution in [3.63, 3.8) is 0 Å². The molecule has 0 aliphatic rings. The molecule has 0 saturated heterocycles. The highest BCUT2D eigenvalue weighted by Crippen LogP contribution is 1.98. The third-order valence-electron chi connectivity index (χ3n) is 2.24. The lowest BCUT2D eigenvalue weighted by atomic mass is 10.2. The van der Waals surface area contributed by atoms with Gasteiger partial charge in [0.25, 0.3) is 0 Å². The second kappa shape index (κ2) is 5.75. The fourth-order valence-electron chi connectivity index (χ4n) is 1.69. The average Bonchev–Trinajstić information content (AvgIpc) is 2.56. The highest BCUT2D eigenvalue weighted by atomic mass is 15.2. The Morgan fingerprint density at radius 2 is 1.86 bits per heavy atom. The van der Waals surface area contributed by atoms with Crippen molar-refractivity contribution in [1.82, 2.24) is 20.1 Å². The van der Waals surface area contributed by atoms with Crippen molar-refractivity contribution in [1.29, 1.82) is 0 Å². The van der Waals surface area contributed by atoms with Crippen molar-refractivity contribution in [2.45, 2.75) is 52.2 Å². The van der Waals surface area contributed by atoms with E-state index in [1.165, 1.54) is 12.8 Å². The zero-order valence-corrected chi connectivity index (χ0v) is 9.27. The molecule has 1 rings (SSSR count). The zero-order chi connectivity index (χ0) is 10.4. The molecule has 0 saturated carbocycles. The van der Waals surface area contributed by atoms with E-state index in [0.717, 1.165) is 6.54 Å². The molecule has 0 radical (unpaired) electrons. The van der Waals surface area contributed by atoms with Crippen LogP contribution in [0.3, 0.4) is 0 Å². The second-order valence-corrected chi connectivity index (χ2v) is 3.92. The number of rotatable bonds is 6. The lowest BCUT2D eigenvalue weighted by Gasteiger charge is -2.19. The maximum atomic E-state index is 3.78. The summed E-state index contributed by atoms with van der Waals surface area (Å²) >= 11 is 0. The van der Waals surface area contributed by atoms with E-state index in [1.54, 1.807) is 12.7 Å². The molecule has 0 aliphatic carbocycles. The maximum absolute atomic E-state index is 3.78. The largest absolute Gasteiger partial charge is 0.319 e. The number of nitrogens with one attached hydrogen (secondary N) is 1. The Labute approximate surface area is 85.7 Å². The van der Waals surface area contributed by atoms with Crippen molar-refractivity contribution in [2.24, 2.45) is 0 Å². The van der Waals surface area contributed by atoms with Crippen LogP contribution in [0.2, 0.25) is 0 Å². The summed E-state index contributed by atoms with van der Waals surface area (Å²) in [5.41, 5.74) is 0. The van der Waals surface area contributed by atoms with Crippen LogP contribution < -0.4 is 5.32 Å². The first-order valence-corrected chi connectivity index (χ1v) is 5.30. The summed E-state index contributed by atoms with van der Waals surface area (Å²) in [5, 5.41) is 11.1. The van der Waals surface area contributed by atoms with Crippen LogP contribution in [0.15, 0.2) is 12.7 Å². The van der Waals surface area contributed by atoms with Gasteiger partial charge in [0.05, 0.1) is 0 Å². The normalized spacial score (nSPS) is 15.4. The van der Waals surface area contributed by atoms with Gasteiger partial charge in [-0.2, -0.15) is 0 Å². The van der Waals surface area contributed by atoms with E-state index in [4.69, 9.17) is 0 Å². The highest BCUT2D eigenvalue weighted by molar-refractivity contribution is 4.70. The van der Waals surface area contributed by atoms with Crippen molar-refractivity contribution < 1.29 is 0 Å². The van der Waals surface area contributed by atoms with Crippen LogP contribution in [0, 0.1) is 0 Å². The predicted molar refractivity (Wildman–Crippen MR) is 57.0 cm³/mol. The van der Waals surface area contributed by atoms with E-state index in [-0.39, 0.29) is 0 Å². The van der Waals surface area contributed by atoms with Crippen LogP contribution in [0.5, 0.6) is 0 Å². The van der Waals surface area contributed by atoms with Crippen LogP contribution in [0.25, 0.3) is 0 Å². The summed E-state index contributed by atoms with van der Waals surface area (Å²) in [4.78, 5) is 0. The molecule has 1 heterocycles. The van der Waals surface area contributed by atoms with Gasteiger partial charge in [-0.15, -0.1) is 10.2 Å². The molecule has 4 nitrogen and oxygen atoms in total. The number of hydrogen-bond donors (Lipinski definition) is 1. The lowest BCUT2D eigenvalue weighted by Crippen LogP contribution is -2.36. The van der Waals surface area contributed by atoms with E-state index < -0.39 is 0 Å². The second-order valence-electron chi connectivity index (χ2n) is 3.92. The minimum atomic E-state index is 0.465. The molecule has 0 spiro atoms. The molecule has 0 bridgehead atoms. The molecular formula is C10H20N4. The van der Waals surface area contributed by atoms with Gasteiger partial charge < -0.3 is 9.88 Å². The summed E-state index contributed by atoms with van der Waals surface area (Å²) in [7, 11) is 0. The molecule has 2 unspecified atom stereocenters. The molecule has 0 amide bonds. The van der Waals surface area contributed by atoms with Gasteiger partial charge in [0, 0.05) is 18.6 Å². The Balaban J connectivity index is 2.25. The van der Waals surface area contributed by atoms with Crippen LogP contribution in [-0.4, -0.2) is 26.8 Å². The standard InChI is InChI=1S/C10H20N4/c1-4-5-9(2)13-10(3)6-14-7-11-12-8-14/h7-10,13H,4-6H2,1-3H3. The van der Waals surface area contributed by atoms with Crippen molar-refractivity contribution in [2.75, 3.05) is 0 Å². The van der Waals surface area contributed by atoms with E-state index in [2.05, 4.69) is 36.3 Å². The zero-order valence-electron chi connectivity index (χ0n) is 9.27. The van der Waals surface area contributed by atoms with E-state index in [1.807, 2.05) is 4.57 Å². The minimum absolute atomic E-state index is 0.465. The molecule has 0 fully saturated rings. The molecule has 0 aromatic carbocycles. The number of nitrogens with zero attached hydrogens (tertiary/aromatic N) is 3. The van der Waals surface area contributed by atoms with E-state index >= 15 is 0 Å². The van der Waals surface area contributed by atoms with E-state index in [0.29, 0.717) is 12.1 Å². The Morgan fingerprint density at radius 3 is 2.43 bits per heavy atom. The van der Waals surface area contributed by atoms with Gasteiger partial charge in [-0.05, 0) is 20.3 Å². The molecule has 14 heavy (non-hydrogen) atoms. The lowest BCUT2D eigenvalue weighted by molar-refractivity contribution is 0.406. The first-order chi connectivity index (χ1) is 6.72. The fourth-order valence-corrected chi connectivity index (χ4v) is 1.69. The van der Waals surface area contributed by atoms with Crippen LogP contribution >= 0.6 is 0 Å². The molecule has 4 heteroatoms. The Hall–Kier alpha value is -0.900. The quantitative estimate of drug-likeness (QED) is 0.748. The van der Waals surface area contributed by atoms with Gasteiger partial charge >= 0.3 is 0 Å². The molecule has 1 aromatic heterocycles. The van der Waals surface area contributed by atoms with Crippen LogP contribution in [-0.2, 0) is 6.54 Å². The molecule has 1 aromatic rings. The van der Waals surface area contributed by atoms with Gasteiger partial charge in [0.1, 0.15) is 12.7 Å². The van der Waals surface area contributed by atoms with Crippen molar-refractivity contribution >= 4 is 0 Å². The van der Waals surface area contributed by atoms with Gasteiger partial charge in [0.15, 0.2) is 0 Å². The summed E-state index contributed by atoms with van der Waals surface area (Å²) < 4.78 is 2.00. The third-order valence-corrected chi connectivity index (χ3v) is 2.24. The minimum Gasteiger partial charge on any atom is -0.319 e. The van der Waals surface area contributed by atoms with Crippen LogP contribution in [0.4, 0.5) is 0 Å². The van der Waals surface area contributed by atoms with E-state index in [9.17, 15) is 0 Å². The van der Waals surface area contributed by atoms with Gasteiger partial charge in [-0.3, -0.25) is 0 Å². The summed E-state index contributed by atoms with van der Waals surface area (Å²) in [6, 6.07) is 1.05. The summed E-state index contributed by atoms with van der Waals surface area (Å²) in [6.07, 6.45) is 5.96.